The Morgan fingerprint density at radius 3 is 2.64 bits per heavy atom. The van der Waals surface area contributed by atoms with Crippen molar-refractivity contribution in [1.29, 1.82) is 0 Å². The number of hydrogen-bond acceptors (Lipinski definition) is 5. The molecule has 8 nitrogen and oxygen atoms in total. The molecule has 1 rings (SSSR count). The van der Waals surface area contributed by atoms with Gasteiger partial charge in [0.2, 0.25) is 0 Å². The highest BCUT2D eigenvalue weighted by molar-refractivity contribution is 5.95. The van der Waals surface area contributed by atoms with E-state index in [1.54, 1.807) is 13.0 Å². The van der Waals surface area contributed by atoms with Crippen molar-refractivity contribution >= 4 is 17.6 Å². The van der Waals surface area contributed by atoms with E-state index in [4.69, 9.17) is 4.74 Å². The van der Waals surface area contributed by atoms with Crippen LogP contribution in [-0.4, -0.2) is 30.0 Å². The quantitative estimate of drug-likeness (QED) is 0.614. The van der Waals surface area contributed by atoms with Gasteiger partial charge in [0, 0.05) is 12.6 Å². The second-order valence-electron chi connectivity index (χ2n) is 5.17. The van der Waals surface area contributed by atoms with Crippen LogP contribution in [0.15, 0.2) is 18.2 Å². The van der Waals surface area contributed by atoms with E-state index in [0.717, 1.165) is 0 Å². The summed E-state index contributed by atoms with van der Waals surface area (Å²) < 4.78 is 5.11. The highest BCUT2D eigenvalue weighted by atomic mass is 16.6. The second-order valence-corrected chi connectivity index (χ2v) is 5.17. The minimum Gasteiger partial charge on any atom is -0.477 e. The molecule has 0 spiro atoms. The van der Waals surface area contributed by atoms with Crippen LogP contribution < -0.4 is 15.4 Å². The number of imide groups is 1. The topological polar surface area (TPSA) is 111 Å². The van der Waals surface area contributed by atoms with Gasteiger partial charge in [-0.25, -0.2) is 4.79 Å². The predicted octanol–water partition coefficient (Wildman–Crippen LogP) is 1.76. The smallest absolute Gasteiger partial charge is 0.321 e. The van der Waals surface area contributed by atoms with Gasteiger partial charge in [-0.1, -0.05) is 19.9 Å². The van der Waals surface area contributed by atoms with Crippen LogP contribution >= 0.6 is 0 Å². The first-order valence-corrected chi connectivity index (χ1v) is 6.75. The van der Waals surface area contributed by atoms with Crippen molar-refractivity contribution in [2.24, 2.45) is 5.92 Å². The van der Waals surface area contributed by atoms with Crippen LogP contribution in [0, 0.1) is 23.0 Å². The molecule has 22 heavy (non-hydrogen) atoms. The molecule has 0 bridgehead atoms. The summed E-state index contributed by atoms with van der Waals surface area (Å²) in [5.41, 5.74) is 0.480. The van der Waals surface area contributed by atoms with E-state index >= 15 is 0 Å². The number of nitrogens with zero attached hydrogens (tertiary/aromatic N) is 1. The van der Waals surface area contributed by atoms with Crippen LogP contribution in [0.3, 0.4) is 0 Å². The number of nitro groups is 1. The fraction of sp³-hybridized carbons (Fsp3) is 0.429. The SMILES string of the molecule is Cc1ccc(OCC(=O)NC(=O)NCC(C)C)c([N+](=O)[O-])c1. The van der Waals surface area contributed by atoms with E-state index in [1.807, 2.05) is 13.8 Å². The lowest BCUT2D eigenvalue weighted by Gasteiger charge is -2.09. The second kappa shape index (κ2) is 7.96. The predicted molar refractivity (Wildman–Crippen MR) is 79.7 cm³/mol. The Morgan fingerprint density at radius 2 is 2.05 bits per heavy atom. The highest BCUT2D eigenvalue weighted by Gasteiger charge is 2.17. The van der Waals surface area contributed by atoms with Gasteiger partial charge in [-0.15, -0.1) is 0 Å². The van der Waals surface area contributed by atoms with Gasteiger partial charge in [0.05, 0.1) is 4.92 Å². The largest absolute Gasteiger partial charge is 0.477 e. The normalized spacial score (nSPS) is 10.2. The summed E-state index contributed by atoms with van der Waals surface area (Å²) in [7, 11) is 0. The summed E-state index contributed by atoms with van der Waals surface area (Å²) in [5, 5.41) is 15.5. The van der Waals surface area contributed by atoms with E-state index < -0.39 is 23.5 Å². The van der Waals surface area contributed by atoms with Crippen molar-refractivity contribution in [2.45, 2.75) is 20.8 Å². The van der Waals surface area contributed by atoms with Gasteiger partial charge in [0.15, 0.2) is 12.4 Å². The van der Waals surface area contributed by atoms with Crippen molar-refractivity contribution < 1.29 is 19.2 Å². The molecule has 3 amide bonds. The number of ether oxygens (including phenoxy) is 1. The van der Waals surface area contributed by atoms with Crippen LogP contribution in [0.4, 0.5) is 10.5 Å². The van der Waals surface area contributed by atoms with E-state index in [-0.39, 0.29) is 17.4 Å². The summed E-state index contributed by atoms with van der Waals surface area (Å²) in [4.78, 5) is 33.3. The van der Waals surface area contributed by atoms with Crippen LogP contribution in [-0.2, 0) is 4.79 Å². The minimum absolute atomic E-state index is 0.0201. The fourth-order valence-corrected chi connectivity index (χ4v) is 1.54. The highest BCUT2D eigenvalue weighted by Crippen LogP contribution is 2.27. The van der Waals surface area contributed by atoms with Crippen LogP contribution in [0.2, 0.25) is 0 Å². The zero-order valence-corrected chi connectivity index (χ0v) is 12.7. The Bertz CT molecular complexity index is 572. The number of nitro benzene ring substituents is 1. The molecular formula is C14H19N3O5. The number of amides is 3. The Kier molecular flexibility index (Phi) is 6.30. The van der Waals surface area contributed by atoms with Crippen LogP contribution in [0.5, 0.6) is 5.75 Å². The molecule has 8 heteroatoms. The summed E-state index contributed by atoms with van der Waals surface area (Å²) in [6, 6.07) is 3.78. The first-order valence-electron chi connectivity index (χ1n) is 6.75. The zero-order chi connectivity index (χ0) is 16.7. The lowest BCUT2D eigenvalue weighted by Crippen LogP contribution is -2.42. The van der Waals surface area contributed by atoms with Gasteiger partial charge in [-0.2, -0.15) is 0 Å². The Hall–Kier alpha value is -2.64. The van der Waals surface area contributed by atoms with E-state index in [2.05, 4.69) is 10.6 Å². The van der Waals surface area contributed by atoms with Gasteiger partial charge in [-0.05, 0) is 24.5 Å². The van der Waals surface area contributed by atoms with Crippen LogP contribution in [0.25, 0.3) is 0 Å². The number of urea groups is 1. The molecule has 0 unspecified atom stereocenters. The zero-order valence-electron chi connectivity index (χ0n) is 12.7. The summed E-state index contributed by atoms with van der Waals surface area (Å²) in [6.45, 7) is 5.49. The minimum atomic E-state index is -0.684. The molecule has 0 aliphatic rings. The molecule has 0 aliphatic carbocycles. The first kappa shape index (κ1) is 17.4. The maximum atomic E-state index is 11.6. The molecule has 0 heterocycles. The number of rotatable bonds is 6. The molecule has 120 valence electrons. The van der Waals surface area contributed by atoms with Crippen molar-refractivity contribution in [3.63, 3.8) is 0 Å². The van der Waals surface area contributed by atoms with Gasteiger partial charge in [0.25, 0.3) is 5.91 Å². The van der Waals surface area contributed by atoms with Gasteiger partial charge < -0.3 is 10.1 Å². The van der Waals surface area contributed by atoms with Crippen molar-refractivity contribution in [1.82, 2.24) is 10.6 Å². The third-order valence-electron chi connectivity index (χ3n) is 2.59. The molecule has 0 saturated heterocycles. The molecule has 0 fully saturated rings. The van der Waals surface area contributed by atoms with Crippen molar-refractivity contribution in [3.8, 4) is 5.75 Å². The third-order valence-corrected chi connectivity index (χ3v) is 2.59. The molecule has 1 aromatic rings. The molecule has 0 aromatic heterocycles. The lowest BCUT2D eigenvalue weighted by molar-refractivity contribution is -0.385. The monoisotopic (exact) mass is 309 g/mol. The molecule has 0 saturated carbocycles. The Labute approximate surface area is 128 Å². The maximum absolute atomic E-state index is 11.6. The standard InChI is InChI=1S/C14H19N3O5/c1-9(2)7-15-14(19)16-13(18)8-22-12-5-4-10(3)6-11(12)17(20)21/h4-6,9H,7-8H2,1-3H3,(H2,15,16,18,19). The number of nitrogens with one attached hydrogen (secondary N) is 2. The maximum Gasteiger partial charge on any atom is 0.321 e. The van der Waals surface area contributed by atoms with E-state index in [0.29, 0.717) is 12.1 Å². The first-order chi connectivity index (χ1) is 10.3. The molecule has 2 N–H and O–H groups in total. The average Bonchev–Trinajstić information content (AvgIpc) is 2.43. The molecule has 0 radical (unpaired) electrons. The lowest BCUT2D eigenvalue weighted by atomic mass is 10.2. The Balaban J connectivity index is 2.54. The van der Waals surface area contributed by atoms with Gasteiger partial charge >= 0.3 is 11.7 Å². The summed E-state index contributed by atoms with van der Waals surface area (Å²) in [5.74, 6) is -0.447. The van der Waals surface area contributed by atoms with Crippen LogP contribution in [0.1, 0.15) is 19.4 Å². The molecule has 1 aromatic carbocycles. The van der Waals surface area contributed by atoms with Crippen molar-refractivity contribution in [2.75, 3.05) is 13.2 Å². The van der Waals surface area contributed by atoms with E-state index in [9.17, 15) is 19.7 Å². The molecule has 0 atom stereocenters. The van der Waals surface area contributed by atoms with Gasteiger partial charge in [-0.3, -0.25) is 20.2 Å². The molecular weight excluding hydrogens is 290 g/mol. The third kappa shape index (κ3) is 5.78. The average molecular weight is 309 g/mol. The Morgan fingerprint density at radius 1 is 1.36 bits per heavy atom. The molecule has 0 aliphatic heterocycles. The number of benzene rings is 1. The van der Waals surface area contributed by atoms with Gasteiger partial charge in [0.1, 0.15) is 0 Å². The van der Waals surface area contributed by atoms with Crippen molar-refractivity contribution in [3.05, 3.63) is 33.9 Å². The summed E-state index contributed by atoms with van der Waals surface area (Å²) >= 11 is 0. The number of carbonyl (C=O) groups is 2. The fourth-order valence-electron chi connectivity index (χ4n) is 1.54. The number of carbonyl (C=O) groups excluding carboxylic acids is 2. The number of aryl methyl sites for hydroxylation is 1. The summed E-state index contributed by atoms with van der Waals surface area (Å²) in [6.07, 6.45) is 0. The van der Waals surface area contributed by atoms with E-state index in [1.165, 1.54) is 12.1 Å². The number of hydrogen-bond donors (Lipinski definition) is 2.